The Hall–Kier alpha value is -2.83. The first kappa shape index (κ1) is 16.6. The molecule has 0 spiro atoms. The molecule has 0 unspecified atom stereocenters. The molecule has 0 fully saturated rings. The van der Waals surface area contributed by atoms with Gasteiger partial charge in [-0.05, 0) is 34.9 Å². The van der Waals surface area contributed by atoms with Gasteiger partial charge in [-0.15, -0.1) is 0 Å². The predicted octanol–water partition coefficient (Wildman–Crippen LogP) is 4.24. The van der Waals surface area contributed by atoms with Crippen LogP contribution in [0.2, 0.25) is 0 Å². The first-order valence-electron chi connectivity index (χ1n) is 8.59. The molecule has 0 aliphatic heterocycles. The number of ether oxygens (including phenoxy) is 1. The summed E-state index contributed by atoms with van der Waals surface area (Å²) in [7, 11) is 1.06. The SMILES string of the molecule is COc1ccccc1-n1cccc1P(c1ccccc1)c1ccccc1. The van der Waals surface area contributed by atoms with E-state index in [1.807, 2.05) is 12.1 Å². The quantitative estimate of drug-likeness (QED) is 0.487. The molecule has 3 aromatic carbocycles. The molecular weight excluding hydrogens is 337 g/mol. The fourth-order valence-electron chi connectivity index (χ4n) is 3.15. The molecule has 0 saturated heterocycles. The molecule has 0 radical (unpaired) electrons. The molecule has 0 bridgehead atoms. The molecule has 1 aromatic heterocycles. The van der Waals surface area contributed by atoms with Crippen molar-refractivity contribution in [3.8, 4) is 11.4 Å². The molecule has 128 valence electrons. The van der Waals surface area contributed by atoms with E-state index in [9.17, 15) is 0 Å². The van der Waals surface area contributed by atoms with Crippen LogP contribution >= 0.6 is 7.92 Å². The highest BCUT2D eigenvalue weighted by molar-refractivity contribution is 7.79. The number of para-hydroxylation sites is 2. The van der Waals surface area contributed by atoms with Crippen molar-refractivity contribution >= 4 is 24.0 Å². The van der Waals surface area contributed by atoms with Crippen LogP contribution in [0.1, 0.15) is 0 Å². The maximum Gasteiger partial charge on any atom is 0.142 e. The van der Waals surface area contributed by atoms with Crippen molar-refractivity contribution < 1.29 is 4.74 Å². The van der Waals surface area contributed by atoms with Crippen molar-refractivity contribution in [2.24, 2.45) is 0 Å². The minimum absolute atomic E-state index is 0.663. The molecule has 0 aliphatic rings. The fraction of sp³-hybridized carbons (Fsp3) is 0.0435. The lowest BCUT2D eigenvalue weighted by Gasteiger charge is -2.22. The summed E-state index contributed by atoms with van der Waals surface area (Å²) in [6.07, 6.45) is 2.12. The third-order valence-electron chi connectivity index (χ3n) is 4.33. The molecule has 0 atom stereocenters. The monoisotopic (exact) mass is 357 g/mol. The van der Waals surface area contributed by atoms with Gasteiger partial charge in [0.05, 0.1) is 18.2 Å². The molecule has 0 aliphatic carbocycles. The van der Waals surface area contributed by atoms with Gasteiger partial charge in [0.2, 0.25) is 0 Å². The van der Waals surface area contributed by atoms with Crippen molar-refractivity contribution in [2.45, 2.75) is 0 Å². The van der Waals surface area contributed by atoms with Crippen LogP contribution in [-0.2, 0) is 0 Å². The summed E-state index contributed by atoms with van der Waals surface area (Å²) in [6, 6.07) is 34.0. The second kappa shape index (κ2) is 7.59. The van der Waals surface area contributed by atoms with Crippen LogP contribution in [0.4, 0.5) is 0 Å². The Kier molecular flexibility index (Phi) is 4.86. The number of hydrogen-bond donors (Lipinski definition) is 0. The highest BCUT2D eigenvalue weighted by Gasteiger charge is 2.21. The van der Waals surface area contributed by atoms with Crippen molar-refractivity contribution in [1.29, 1.82) is 0 Å². The van der Waals surface area contributed by atoms with Gasteiger partial charge in [0, 0.05) is 14.1 Å². The van der Waals surface area contributed by atoms with E-state index < -0.39 is 7.92 Å². The van der Waals surface area contributed by atoms with E-state index in [1.165, 1.54) is 16.0 Å². The van der Waals surface area contributed by atoms with Crippen LogP contribution in [0.5, 0.6) is 5.75 Å². The first-order valence-corrected chi connectivity index (χ1v) is 9.93. The summed E-state index contributed by atoms with van der Waals surface area (Å²) in [5, 5.41) is 2.67. The average molecular weight is 357 g/mol. The Morgan fingerprint density at radius 3 is 1.85 bits per heavy atom. The van der Waals surface area contributed by atoms with Gasteiger partial charge in [-0.1, -0.05) is 72.8 Å². The summed E-state index contributed by atoms with van der Waals surface area (Å²) in [4.78, 5) is 0. The average Bonchev–Trinajstić information content (AvgIpc) is 3.19. The minimum Gasteiger partial charge on any atom is -0.495 e. The third kappa shape index (κ3) is 3.16. The zero-order chi connectivity index (χ0) is 17.8. The van der Waals surface area contributed by atoms with Gasteiger partial charge in [-0.25, -0.2) is 0 Å². The molecule has 2 nitrogen and oxygen atoms in total. The summed E-state index contributed by atoms with van der Waals surface area (Å²) in [5.74, 6) is 0.876. The van der Waals surface area contributed by atoms with Gasteiger partial charge in [0.1, 0.15) is 5.75 Å². The van der Waals surface area contributed by atoms with Crippen LogP contribution < -0.4 is 20.8 Å². The number of aromatic nitrogens is 1. The second-order valence-electron chi connectivity index (χ2n) is 5.91. The lowest BCUT2D eigenvalue weighted by atomic mass is 10.3. The van der Waals surface area contributed by atoms with Gasteiger partial charge in [0.25, 0.3) is 0 Å². The van der Waals surface area contributed by atoms with E-state index in [4.69, 9.17) is 4.74 Å². The van der Waals surface area contributed by atoms with E-state index in [0.717, 1.165) is 11.4 Å². The second-order valence-corrected chi connectivity index (χ2v) is 8.08. The number of methoxy groups -OCH3 is 1. The van der Waals surface area contributed by atoms with Gasteiger partial charge >= 0.3 is 0 Å². The highest BCUT2D eigenvalue weighted by atomic mass is 31.1. The Balaban J connectivity index is 1.90. The van der Waals surface area contributed by atoms with Gasteiger partial charge < -0.3 is 9.30 Å². The maximum atomic E-state index is 5.60. The molecular formula is C23H20NOP. The Morgan fingerprint density at radius 2 is 1.23 bits per heavy atom. The van der Waals surface area contributed by atoms with E-state index in [0.29, 0.717) is 0 Å². The lowest BCUT2D eigenvalue weighted by Crippen LogP contribution is -2.25. The Bertz CT molecular complexity index is 940. The van der Waals surface area contributed by atoms with Crippen molar-refractivity contribution in [3.05, 3.63) is 103 Å². The molecule has 1 heterocycles. The van der Waals surface area contributed by atoms with Gasteiger partial charge in [-0.3, -0.25) is 0 Å². The summed E-state index contributed by atoms with van der Waals surface area (Å²) in [5.41, 5.74) is 2.34. The summed E-state index contributed by atoms with van der Waals surface area (Å²) >= 11 is 0. The fourth-order valence-corrected chi connectivity index (χ4v) is 5.55. The minimum atomic E-state index is -0.663. The summed E-state index contributed by atoms with van der Waals surface area (Å²) < 4.78 is 7.86. The van der Waals surface area contributed by atoms with Crippen molar-refractivity contribution in [3.63, 3.8) is 0 Å². The summed E-state index contributed by atoms with van der Waals surface area (Å²) in [6.45, 7) is 0. The standard InChI is InChI=1S/C23H20NOP/c1-25-22-16-9-8-15-21(22)24-18-10-17-23(24)26(19-11-4-2-5-12-19)20-13-6-3-7-14-20/h2-18H,1H3. The van der Waals surface area contributed by atoms with Crippen molar-refractivity contribution in [1.82, 2.24) is 4.57 Å². The van der Waals surface area contributed by atoms with Crippen molar-refractivity contribution in [2.75, 3.05) is 7.11 Å². The number of benzene rings is 3. The molecule has 0 N–H and O–H groups in total. The molecule has 4 rings (SSSR count). The van der Waals surface area contributed by atoms with E-state index >= 15 is 0 Å². The van der Waals surface area contributed by atoms with Crippen LogP contribution in [-0.4, -0.2) is 11.7 Å². The van der Waals surface area contributed by atoms with E-state index in [1.54, 1.807) is 7.11 Å². The lowest BCUT2D eigenvalue weighted by molar-refractivity contribution is 0.413. The molecule has 0 amide bonds. The predicted molar refractivity (Wildman–Crippen MR) is 111 cm³/mol. The zero-order valence-corrected chi connectivity index (χ0v) is 15.5. The largest absolute Gasteiger partial charge is 0.495 e. The Labute approximate surface area is 155 Å². The van der Waals surface area contributed by atoms with E-state index in [2.05, 4.69) is 95.7 Å². The van der Waals surface area contributed by atoms with E-state index in [-0.39, 0.29) is 0 Å². The van der Waals surface area contributed by atoms with Crippen LogP contribution in [0.25, 0.3) is 5.69 Å². The molecule has 0 saturated carbocycles. The Morgan fingerprint density at radius 1 is 0.654 bits per heavy atom. The molecule has 3 heteroatoms. The first-order chi connectivity index (χ1) is 12.9. The van der Waals surface area contributed by atoms with Crippen LogP contribution in [0.3, 0.4) is 0 Å². The normalized spacial score (nSPS) is 10.8. The topological polar surface area (TPSA) is 14.2 Å². The smallest absolute Gasteiger partial charge is 0.142 e. The molecule has 26 heavy (non-hydrogen) atoms. The van der Waals surface area contributed by atoms with Gasteiger partial charge in [0.15, 0.2) is 0 Å². The third-order valence-corrected chi connectivity index (χ3v) is 6.78. The maximum absolute atomic E-state index is 5.60. The highest BCUT2D eigenvalue weighted by Crippen LogP contribution is 2.35. The number of nitrogens with zero attached hydrogens (tertiary/aromatic N) is 1. The van der Waals surface area contributed by atoms with Crippen LogP contribution in [0.15, 0.2) is 103 Å². The number of rotatable bonds is 5. The molecule has 4 aromatic rings. The zero-order valence-electron chi connectivity index (χ0n) is 14.6. The van der Waals surface area contributed by atoms with Crippen LogP contribution in [0, 0.1) is 0 Å². The van der Waals surface area contributed by atoms with Gasteiger partial charge in [-0.2, -0.15) is 0 Å². The number of hydrogen-bond acceptors (Lipinski definition) is 1.